The Morgan fingerprint density at radius 3 is 2.67 bits per heavy atom. The van der Waals surface area contributed by atoms with Crippen LogP contribution < -0.4 is 5.32 Å². The largest absolute Gasteiger partial charge is 0.468 e. The van der Waals surface area contributed by atoms with Gasteiger partial charge in [0.2, 0.25) is 0 Å². The van der Waals surface area contributed by atoms with E-state index in [0.29, 0.717) is 19.1 Å². The molecule has 1 amide bonds. The lowest BCUT2D eigenvalue weighted by Gasteiger charge is -2.37. The number of likely N-dealkylation sites (tertiary alicyclic amines) is 1. The molecular weight excluding hydrogens is 272 g/mol. The first-order valence-corrected chi connectivity index (χ1v) is 7.81. The van der Waals surface area contributed by atoms with Gasteiger partial charge in [-0.1, -0.05) is 19.8 Å². The number of methoxy groups -OCH3 is 1. The van der Waals surface area contributed by atoms with Crippen molar-refractivity contribution in [2.75, 3.05) is 33.4 Å². The first-order chi connectivity index (χ1) is 10.1. The van der Waals surface area contributed by atoms with Crippen molar-refractivity contribution < 1.29 is 19.1 Å². The second-order valence-corrected chi connectivity index (χ2v) is 5.58. The Balaban J connectivity index is 2.56. The highest BCUT2D eigenvalue weighted by Crippen LogP contribution is 2.22. The molecule has 0 aromatic rings. The van der Waals surface area contributed by atoms with Crippen LogP contribution >= 0.6 is 0 Å². The normalized spacial score (nSPS) is 22.6. The molecule has 21 heavy (non-hydrogen) atoms. The van der Waals surface area contributed by atoms with E-state index in [1.807, 2.05) is 0 Å². The molecule has 1 heterocycles. The van der Waals surface area contributed by atoms with Gasteiger partial charge < -0.3 is 14.8 Å². The van der Waals surface area contributed by atoms with E-state index in [1.165, 1.54) is 13.5 Å². The SMILES string of the molecule is CCCCC1CC(NC(=O)OCC)CN(CC(=O)OC)C1. The van der Waals surface area contributed by atoms with Gasteiger partial charge in [0, 0.05) is 19.1 Å². The van der Waals surface area contributed by atoms with Crippen molar-refractivity contribution in [3.63, 3.8) is 0 Å². The summed E-state index contributed by atoms with van der Waals surface area (Å²) < 4.78 is 9.67. The van der Waals surface area contributed by atoms with E-state index < -0.39 is 0 Å². The van der Waals surface area contributed by atoms with Crippen LogP contribution in [0.3, 0.4) is 0 Å². The molecule has 0 aliphatic carbocycles. The number of alkyl carbamates (subject to hydrolysis) is 1. The summed E-state index contributed by atoms with van der Waals surface area (Å²) in [5.41, 5.74) is 0. The number of rotatable bonds is 7. The fourth-order valence-electron chi connectivity index (χ4n) is 2.82. The van der Waals surface area contributed by atoms with E-state index in [9.17, 15) is 9.59 Å². The average Bonchev–Trinajstić information content (AvgIpc) is 2.45. The zero-order valence-electron chi connectivity index (χ0n) is 13.4. The summed E-state index contributed by atoms with van der Waals surface area (Å²) in [6, 6.07) is 0.0318. The number of amides is 1. The van der Waals surface area contributed by atoms with Gasteiger partial charge in [-0.2, -0.15) is 0 Å². The molecule has 6 heteroatoms. The van der Waals surface area contributed by atoms with Crippen molar-refractivity contribution in [3.8, 4) is 0 Å². The quantitative estimate of drug-likeness (QED) is 0.726. The molecule has 2 unspecified atom stereocenters. The monoisotopic (exact) mass is 300 g/mol. The van der Waals surface area contributed by atoms with E-state index in [4.69, 9.17) is 9.47 Å². The minimum atomic E-state index is -0.378. The number of hydrogen-bond donors (Lipinski definition) is 1. The number of nitrogens with one attached hydrogen (secondary N) is 1. The van der Waals surface area contributed by atoms with Gasteiger partial charge in [0.25, 0.3) is 0 Å². The lowest BCUT2D eigenvalue weighted by molar-refractivity contribution is -0.142. The Morgan fingerprint density at radius 2 is 2.05 bits per heavy atom. The zero-order valence-corrected chi connectivity index (χ0v) is 13.4. The number of nitrogens with zero attached hydrogens (tertiary/aromatic N) is 1. The van der Waals surface area contributed by atoms with Gasteiger partial charge in [-0.25, -0.2) is 4.79 Å². The van der Waals surface area contributed by atoms with Gasteiger partial charge in [-0.05, 0) is 25.7 Å². The van der Waals surface area contributed by atoms with Gasteiger partial charge in [0.1, 0.15) is 0 Å². The molecule has 0 saturated carbocycles. The molecule has 0 bridgehead atoms. The van der Waals surface area contributed by atoms with Gasteiger partial charge in [0.05, 0.1) is 20.3 Å². The van der Waals surface area contributed by atoms with Crippen molar-refractivity contribution >= 4 is 12.1 Å². The van der Waals surface area contributed by atoms with E-state index >= 15 is 0 Å². The fourth-order valence-corrected chi connectivity index (χ4v) is 2.82. The van der Waals surface area contributed by atoms with E-state index in [0.717, 1.165) is 25.8 Å². The molecular formula is C15H28N2O4. The number of ether oxygens (including phenoxy) is 2. The summed E-state index contributed by atoms with van der Waals surface area (Å²) in [5.74, 6) is 0.260. The van der Waals surface area contributed by atoms with Gasteiger partial charge in [-0.15, -0.1) is 0 Å². The number of unbranched alkanes of at least 4 members (excludes halogenated alkanes) is 1. The predicted molar refractivity (Wildman–Crippen MR) is 80.0 cm³/mol. The number of esters is 1. The predicted octanol–water partition coefficient (Wildman–Crippen LogP) is 1.79. The van der Waals surface area contributed by atoms with Crippen LogP contribution in [0.5, 0.6) is 0 Å². The molecule has 1 aliphatic heterocycles. The van der Waals surface area contributed by atoms with Crippen LogP contribution in [0.2, 0.25) is 0 Å². The third-order valence-electron chi connectivity index (χ3n) is 3.76. The first kappa shape index (κ1) is 17.8. The molecule has 1 saturated heterocycles. The van der Waals surface area contributed by atoms with Crippen molar-refractivity contribution in [2.24, 2.45) is 5.92 Å². The standard InChI is InChI=1S/C15H28N2O4/c1-4-6-7-12-8-13(16-15(19)21-5-2)10-17(9-12)11-14(18)20-3/h12-13H,4-11H2,1-3H3,(H,16,19). The molecule has 0 radical (unpaired) electrons. The van der Waals surface area contributed by atoms with Crippen LogP contribution in [-0.2, 0) is 14.3 Å². The Morgan fingerprint density at radius 1 is 1.29 bits per heavy atom. The molecule has 0 aromatic carbocycles. The maximum absolute atomic E-state index is 11.6. The molecule has 0 aromatic heterocycles. The minimum Gasteiger partial charge on any atom is -0.468 e. The first-order valence-electron chi connectivity index (χ1n) is 7.81. The van der Waals surface area contributed by atoms with E-state index in [1.54, 1.807) is 6.92 Å². The van der Waals surface area contributed by atoms with Crippen LogP contribution in [0.25, 0.3) is 0 Å². The number of hydrogen-bond acceptors (Lipinski definition) is 5. The van der Waals surface area contributed by atoms with Crippen molar-refractivity contribution in [3.05, 3.63) is 0 Å². The molecule has 0 spiro atoms. The Bertz CT molecular complexity index is 336. The summed E-state index contributed by atoms with van der Waals surface area (Å²) in [6.45, 7) is 6.15. The average molecular weight is 300 g/mol. The molecule has 1 fully saturated rings. The number of carbonyl (C=O) groups excluding carboxylic acids is 2. The smallest absolute Gasteiger partial charge is 0.407 e. The molecule has 6 nitrogen and oxygen atoms in total. The Hall–Kier alpha value is -1.30. The van der Waals surface area contributed by atoms with Crippen LogP contribution in [0.15, 0.2) is 0 Å². The van der Waals surface area contributed by atoms with Gasteiger partial charge in [0.15, 0.2) is 0 Å². The van der Waals surface area contributed by atoms with Gasteiger partial charge in [-0.3, -0.25) is 9.69 Å². The third-order valence-corrected chi connectivity index (χ3v) is 3.76. The summed E-state index contributed by atoms with van der Waals surface area (Å²) in [4.78, 5) is 25.1. The fraction of sp³-hybridized carbons (Fsp3) is 0.867. The third kappa shape index (κ3) is 6.80. The number of carbonyl (C=O) groups is 2. The van der Waals surface area contributed by atoms with Crippen LogP contribution in [0.1, 0.15) is 39.5 Å². The molecule has 2 atom stereocenters. The van der Waals surface area contributed by atoms with Crippen molar-refractivity contribution in [1.82, 2.24) is 10.2 Å². The Kier molecular flexibility index (Phi) is 8.12. The topological polar surface area (TPSA) is 67.9 Å². The maximum atomic E-state index is 11.6. The van der Waals surface area contributed by atoms with E-state index in [-0.39, 0.29) is 24.6 Å². The number of piperidine rings is 1. The Labute approximate surface area is 127 Å². The van der Waals surface area contributed by atoms with Crippen molar-refractivity contribution in [2.45, 2.75) is 45.6 Å². The van der Waals surface area contributed by atoms with Gasteiger partial charge >= 0.3 is 12.1 Å². The van der Waals surface area contributed by atoms with Crippen LogP contribution in [0, 0.1) is 5.92 Å². The molecule has 1 rings (SSSR count). The lowest BCUT2D eigenvalue weighted by Crippen LogP contribution is -2.52. The maximum Gasteiger partial charge on any atom is 0.407 e. The van der Waals surface area contributed by atoms with Crippen LogP contribution in [0.4, 0.5) is 4.79 Å². The zero-order chi connectivity index (χ0) is 15.7. The highest BCUT2D eigenvalue weighted by Gasteiger charge is 2.29. The molecule has 1 aliphatic rings. The summed E-state index contributed by atoms with van der Waals surface area (Å²) in [6.07, 6.45) is 4.01. The lowest BCUT2D eigenvalue weighted by atomic mass is 9.90. The summed E-state index contributed by atoms with van der Waals surface area (Å²) >= 11 is 0. The second-order valence-electron chi connectivity index (χ2n) is 5.58. The minimum absolute atomic E-state index is 0.0318. The van der Waals surface area contributed by atoms with E-state index in [2.05, 4.69) is 17.1 Å². The van der Waals surface area contributed by atoms with Crippen molar-refractivity contribution in [1.29, 1.82) is 0 Å². The highest BCUT2D eigenvalue weighted by atomic mass is 16.5. The van der Waals surface area contributed by atoms with Crippen LogP contribution in [-0.4, -0.2) is 56.4 Å². The second kappa shape index (κ2) is 9.60. The molecule has 122 valence electrons. The highest BCUT2D eigenvalue weighted by molar-refractivity contribution is 5.71. The summed E-state index contributed by atoms with van der Waals surface area (Å²) in [5, 5.41) is 2.89. The summed E-state index contributed by atoms with van der Waals surface area (Å²) in [7, 11) is 1.40. The molecule has 1 N–H and O–H groups in total.